The van der Waals surface area contributed by atoms with Gasteiger partial charge in [-0.05, 0) is 46.4 Å². The fourth-order valence-electron chi connectivity index (χ4n) is 1.23. The summed E-state index contributed by atoms with van der Waals surface area (Å²) >= 11 is 0. The number of aliphatic imine (C=N–C) groups is 1. The highest BCUT2D eigenvalue weighted by molar-refractivity contribution is 7.13. The predicted molar refractivity (Wildman–Crippen MR) is 64.4 cm³/mol. The summed E-state index contributed by atoms with van der Waals surface area (Å²) in [5.74, 6) is 0. The van der Waals surface area contributed by atoms with Crippen LogP contribution in [0.5, 0.6) is 0 Å². The lowest BCUT2D eigenvalue weighted by Crippen LogP contribution is -2.20. The average Bonchev–Trinajstić information content (AvgIpc) is 2.12. The van der Waals surface area contributed by atoms with E-state index in [0.29, 0.717) is 0 Å². The minimum atomic E-state index is 0.111. The molecule has 2 unspecified atom stereocenters. The van der Waals surface area contributed by atoms with E-state index in [4.69, 9.17) is 0 Å². The molecule has 0 aromatic carbocycles. The van der Waals surface area contributed by atoms with E-state index in [9.17, 15) is 0 Å². The molecule has 0 amide bonds. The maximum atomic E-state index is 4.19. The van der Waals surface area contributed by atoms with Gasteiger partial charge in [-0.2, -0.15) is 0 Å². The molecule has 0 rings (SSSR count). The van der Waals surface area contributed by atoms with Crippen molar-refractivity contribution in [2.75, 3.05) is 13.6 Å². The summed E-state index contributed by atoms with van der Waals surface area (Å²) in [6, 6.07) is 0. The van der Waals surface area contributed by atoms with Crippen LogP contribution in [0.1, 0.15) is 39.5 Å². The summed E-state index contributed by atoms with van der Waals surface area (Å²) in [5.41, 5.74) is 0.111. The number of rotatable bonds is 7. The van der Waals surface area contributed by atoms with Crippen LogP contribution < -0.4 is 0 Å². The first kappa shape index (κ1) is 13.1. The molecule has 13 heavy (non-hydrogen) atoms. The maximum Gasteiger partial charge on any atom is 0.0570 e. The second kappa shape index (κ2) is 6.50. The largest absolute Gasteiger partial charge is 0.295 e. The van der Waals surface area contributed by atoms with Gasteiger partial charge in [-0.3, -0.25) is 9.66 Å². The fourth-order valence-corrected chi connectivity index (χ4v) is 1.42. The van der Waals surface area contributed by atoms with Gasteiger partial charge in [0.1, 0.15) is 0 Å². The van der Waals surface area contributed by atoms with E-state index in [1.54, 1.807) is 0 Å². The molecule has 2 nitrogen and oxygen atoms in total. The fraction of sp³-hybridized carbons (Fsp3) is 0.900. The van der Waals surface area contributed by atoms with E-state index in [1.807, 2.05) is 0 Å². The molecular formula is C10H23N2P. The molecular weight excluding hydrogens is 179 g/mol. The summed E-state index contributed by atoms with van der Waals surface area (Å²) in [6.45, 7) is 9.16. The molecule has 0 saturated carbocycles. The van der Waals surface area contributed by atoms with Crippen molar-refractivity contribution in [3.8, 4) is 0 Å². The van der Waals surface area contributed by atoms with Crippen molar-refractivity contribution in [2.45, 2.75) is 45.1 Å². The van der Waals surface area contributed by atoms with E-state index in [-0.39, 0.29) is 5.54 Å². The summed E-state index contributed by atoms with van der Waals surface area (Å²) in [5, 5.41) is 0. The second-order valence-corrected chi connectivity index (χ2v) is 4.83. The summed E-state index contributed by atoms with van der Waals surface area (Å²) in [4.78, 5) is 4.19. The predicted octanol–water partition coefficient (Wildman–Crippen LogP) is 2.75. The van der Waals surface area contributed by atoms with Gasteiger partial charge in [-0.15, -0.1) is 0 Å². The average molecular weight is 202 g/mol. The van der Waals surface area contributed by atoms with Gasteiger partial charge in [0.25, 0.3) is 0 Å². The highest BCUT2D eigenvalue weighted by Crippen LogP contribution is 2.21. The number of nitrogens with zero attached hydrogens (tertiary/aromatic N) is 2. The van der Waals surface area contributed by atoms with Gasteiger partial charge < -0.3 is 0 Å². The molecule has 3 heteroatoms. The van der Waals surface area contributed by atoms with Gasteiger partial charge in [0.15, 0.2) is 0 Å². The minimum absolute atomic E-state index is 0.111. The van der Waals surface area contributed by atoms with E-state index < -0.39 is 0 Å². The molecule has 0 saturated heterocycles. The van der Waals surface area contributed by atoms with E-state index in [1.165, 1.54) is 12.8 Å². The normalized spacial score (nSPS) is 15.8. The van der Waals surface area contributed by atoms with Crippen molar-refractivity contribution in [1.82, 2.24) is 4.67 Å². The monoisotopic (exact) mass is 202 g/mol. The Morgan fingerprint density at radius 2 is 2.08 bits per heavy atom. The Labute approximate surface area is 85.1 Å². The van der Waals surface area contributed by atoms with Gasteiger partial charge in [-0.1, -0.05) is 16.3 Å². The van der Waals surface area contributed by atoms with Gasteiger partial charge in [-0.25, -0.2) is 0 Å². The topological polar surface area (TPSA) is 15.6 Å². The van der Waals surface area contributed by atoms with Crippen LogP contribution in [0, 0.1) is 0 Å². The molecule has 0 aliphatic heterocycles. The molecule has 0 N–H and O–H groups in total. The molecule has 0 aromatic rings. The number of unbranched alkanes of at least 4 members (excludes halogenated alkanes) is 1. The second-order valence-electron chi connectivity index (χ2n) is 3.95. The highest BCUT2D eigenvalue weighted by Gasteiger charge is 2.17. The zero-order valence-electron chi connectivity index (χ0n) is 9.21. The summed E-state index contributed by atoms with van der Waals surface area (Å²) < 4.78 is 2.14. The lowest BCUT2D eigenvalue weighted by atomic mass is 9.93. The van der Waals surface area contributed by atoms with Gasteiger partial charge in [0.05, 0.1) is 5.54 Å². The van der Waals surface area contributed by atoms with Crippen LogP contribution in [0.4, 0.5) is 0 Å². The molecule has 0 aliphatic rings. The number of hydrogen-bond donors (Lipinski definition) is 0. The Morgan fingerprint density at radius 1 is 1.46 bits per heavy atom. The van der Waals surface area contributed by atoms with Crippen LogP contribution in [0.3, 0.4) is 0 Å². The van der Waals surface area contributed by atoms with Gasteiger partial charge in [0.2, 0.25) is 0 Å². The summed E-state index contributed by atoms with van der Waals surface area (Å²) in [7, 11) is 4.76. The standard InChI is InChI=1S/C10H23N2P/c1-5-10(2,11-3)8-6-7-9-12(4)13/h3,5-9,13H2,1-2,4H3. The summed E-state index contributed by atoms with van der Waals surface area (Å²) in [6.07, 6.45) is 4.73. The van der Waals surface area contributed by atoms with Crippen LogP contribution in [0.25, 0.3) is 0 Å². The zero-order chi connectivity index (χ0) is 10.3. The third kappa shape index (κ3) is 6.17. The van der Waals surface area contributed by atoms with Crippen LogP contribution in [0.2, 0.25) is 0 Å². The maximum absolute atomic E-state index is 4.19. The van der Waals surface area contributed by atoms with Crippen LogP contribution >= 0.6 is 9.39 Å². The molecule has 0 spiro atoms. The molecule has 78 valence electrons. The Kier molecular flexibility index (Phi) is 6.53. The first-order valence-electron chi connectivity index (χ1n) is 4.98. The molecule has 0 aromatic heterocycles. The SMILES string of the molecule is C=NC(C)(CC)CCCCN(C)P. The zero-order valence-corrected chi connectivity index (χ0v) is 10.4. The molecule has 0 fully saturated rings. The van der Waals surface area contributed by atoms with Gasteiger partial charge in [0, 0.05) is 6.54 Å². The van der Waals surface area contributed by atoms with Crippen LogP contribution in [0.15, 0.2) is 4.99 Å². The van der Waals surface area contributed by atoms with Crippen LogP contribution in [-0.4, -0.2) is 30.5 Å². The Balaban J connectivity index is 3.56. The Morgan fingerprint density at radius 3 is 2.46 bits per heavy atom. The Hall–Kier alpha value is 0.0600. The van der Waals surface area contributed by atoms with Crippen molar-refractivity contribution in [3.63, 3.8) is 0 Å². The van der Waals surface area contributed by atoms with E-state index in [0.717, 1.165) is 19.4 Å². The third-order valence-electron chi connectivity index (χ3n) is 2.62. The van der Waals surface area contributed by atoms with Crippen molar-refractivity contribution >= 4 is 16.1 Å². The minimum Gasteiger partial charge on any atom is -0.295 e. The Bertz CT molecular complexity index is 148. The third-order valence-corrected chi connectivity index (χ3v) is 2.88. The smallest absolute Gasteiger partial charge is 0.0570 e. The van der Waals surface area contributed by atoms with E-state index in [2.05, 4.69) is 46.7 Å². The lowest BCUT2D eigenvalue weighted by molar-refractivity contribution is 0.394. The first-order chi connectivity index (χ1) is 6.04. The molecule has 0 bridgehead atoms. The molecule has 0 heterocycles. The lowest BCUT2D eigenvalue weighted by Gasteiger charge is -2.22. The highest BCUT2D eigenvalue weighted by atomic mass is 31.0. The van der Waals surface area contributed by atoms with Crippen molar-refractivity contribution in [3.05, 3.63) is 0 Å². The van der Waals surface area contributed by atoms with Crippen LogP contribution in [-0.2, 0) is 0 Å². The number of hydrogen-bond acceptors (Lipinski definition) is 2. The van der Waals surface area contributed by atoms with E-state index >= 15 is 0 Å². The molecule has 0 aliphatic carbocycles. The van der Waals surface area contributed by atoms with Crippen molar-refractivity contribution in [2.24, 2.45) is 4.99 Å². The van der Waals surface area contributed by atoms with Gasteiger partial charge >= 0.3 is 0 Å². The first-order valence-corrected chi connectivity index (χ1v) is 5.49. The molecule has 0 radical (unpaired) electrons. The quantitative estimate of drug-likeness (QED) is 0.352. The van der Waals surface area contributed by atoms with Crippen molar-refractivity contribution in [1.29, 1.82) is 0 Å². The van der Waals surface area contributed by atoms with Crippen molar-refractivity contribution < 1.29 is 0 Å². The molecule has 2 atom stereocenters.